The van der Waals surface area contributed by atoms with Crippen LogP contribution in [0.25, 0.3) is 11.3 Å². The number of carbonyl (C=O) groups is 1. The molecule has 168 valence electrons. The van der Waals surface area contributed by atoms with Gasteiger partial charge in [-0.3, -0.25) is 4.79 Å². The summed E-state index contributed by atoms with van der Waals surface area (Å²) >= 11 is 0. The summed E-state index contributed by atoms with van der Waals surface area (Å²) in [7, 11) is 0. The number of anilines is 1. The van der Waals surface area contributed by atoms with Crippen LogP contribution in [0.5, 0.6) is 5.75 Å². The van der Waals surface area contributed by atoms with Crippen molar-refractivity contribution in [1.29, 1.82) is 0 Å². The Bertz CT molecular complexity index is 1050. The number of aryl methyl sites for hydroxylation is 2. The number of benzene rings is 2. The van der Waals surface area contributed by atoms with Gasteiger partial charge in [-0.1, -0.05) is 12.1 Å². The quantitative estimate of drug-likeness (QED) is 0.543. The standard InChI is InChI=1S/C26H31N3O3/c1-4-31-22-10-8-21(9-11-22)24-18-27-25(32-24)12-13-26(30)29-16-14-28(15-17-29)23-7-5-6-19(2)20(23)3/h5-11,18H,4,12-17H2,1-3H3. The van der Waals surface area contributed by atoms with E-state index in [1.54, 1.807) is 6.20 Å². The summed E-state index contributed by atoms with van der Waals surface area (Å²) in [6, 6.07) is 14.2. The SMILES string of the molecule is CCOc1ccc(-c2cnc(CCC(=O)N3CCN(c4cccc(C)c4C)CC3)o2)cc1. The first kappa shape index (κ1) is 21.9. The minimum atomic E-state index is 0.159. The molecule has 1 fully saturated rings. The third-order valence-corrected chi connectivity index (χ3v) is 6.11. The van der Waals surface area contributed by atoms with Gasteiger partial charge in [-0.25, -0.2) is 4.98 Å². The minimum absolute atomic E-state index is 0.159. The van der Waals surface area contributed by atoms with E-state index < -0.39 is 0 Å². The Morgan fingerprint density at radius 3 is 2.53 bits per heavy atom. The first-order valence-electron chi connectivity index (χ1n) is 11.3. The van der Waals surface area contributed by atoms with Crippen LogP contribution in [-0.2, 0) is 11.2 Å². The molecular formula is C26H31N3O3. The van der Waals surface area contributed by atoms with E-state index in [9.17, 15) is 4.79 Å². The van der Waals surface area contributed by atoms with Crippen LogP contribution in [0.3, 0.4) is 0 Å². The molecule has 0 aliphatic carbocycles. The lowest BCUT2D eigenvalue weighted by Gasteiger charge is -2.37. The maximum absolute atomic E-state index is 12.7. The molecule has 0 atom stereocenters. The Balaban J connectivity index is 1.28. The van der Waals surface area contributed by atoms with E-state index in [1.165, 1.54) is 16.8 Å². The van der Waals surface area contributed by atoms with Gasteiger partial charge in [0.15, 0.2) is 11.7 Å². The fraction of sp³-hybridized carbons (Fsp3) is 0.385. The highest BCUT2D eigenvalue weighted by molar-refractivity contribution is 5.76. The Hall–Kier alpha value is -3.28. The van der Waals surface area contributed by atoms with Crippen LogP contribution in [0.4, 0.5) is 5.69 Å². The molecule has 0 bridgehead atoms. The van der Waals surface area contributed by atoms with Crippen molar-refractivity contribution in [1.82, 2.24) is 9.88 Å². The van der Waals surface area contributed by atoms with Gasteiger partial charge < -0.3 is 19.0 Å². The third-order valence-electron chi connectivity index (χ3n) is 6.11. The topological polar surface area (TPSA) is 58.8 Å². The smallest absolute Gasteiger partial charge is 0.223 e. The average molecular weight is 434 g/mol. The summed E-state index contributed by atoms with van der Waals surface area (Å²) in [6.07, 6.45) is 2.64. The minimum Gasteiger partial charge on any atom is -0.494 e. The molecule has 1 aromatic heterocycles. The second-order valence-electron chi connectivity index (χ2n) is 8.16. The molecule has 4 rings (SSSR count). The highest BCUT2D eigenvalue weighted by atomic mass is 16.5. The molecule has 1 amide bonds. The van der Waals surface area contributed by atoms with Crippen LogP contribution < -0.4 is 9.64 Å². The fourth-order valence-corrected chi connectivity index (χ4v) is 4.09. The molecule has 0 spiro atoms. The van der Waals surface area contributed by atoms with Crippen LogP contribution in [0.15, 0.2) is 53.1 Å². The lowest BCUT2D eigenvalue weighted by atomic mass is 10.1. The van der Waals surface area contributed by atoms with Crippen molar-refractivity contribution in [2.45, 2.75) is 33.6 Å². The van der Waals surface area contributed by atoms with Crippen molar-refractivity contribution >= 4 is 11.6 Å². The Morgan fingerprint density at radius 2 is 1.81 bits per heavy atom. The number of hydrogen-bond donors (Lipinski definition) is 0. The molecule has 2 aromatic carbocycles. The van der Waals surface area contributed by atoms with Crippen LogP contribution in [0.2, 0.25) is 0 Å². The summed E-state index contributed by atoms with van der Waals surface area (Å²) < 4.78 is 11.4. The van der Waals surface area contributed by atoms with Crippen molar-refractivity contribution in [2.24, 2.45) is 0 Å². The van der Waals surface area contributed by atoms with Crippen molar-refractivity contribution in [2.75, 3.05) is 37.7 Å². The van der Waals surface area contributed by atoms with Crippen LogP contribution in [-0.4, -0.2) is 48.6 Å². The molecule has 6 heteroatoms. The van der Waals surface area contributed by atoms with Crippen LogP contribution in [0.1, 0.15) is 30.4 Å². The van der Waals surface area contributed by atoms with E-state index in [0.717, 1.165) is 37.5 Å². The number of oxazole rings is 1. The number of aromatic nitrogens is 1. The molecular weight excluding hydrogens is 402 g/mol. The van der Waals surface area contributed by atoms with Gasteiger partial charge in [0.1, 0.15) is 5.75 Å². The van der Waals surface area contributed by atoms with Gasteiger partial charge in [-0.2, -0.15) is 0 Å². The van der Waals surface area contributed by atoms with Gasteiger partial charge in [0.05, 0.1) is 12.8 Å². The molecule has 0 unspecified atom stereocenters. The van der Waals surface area contributed by atoms with Crippen molar-refractivity contribution < 1.29 is 13.9 Å². The van der Waals surface area contributed by atoms with E-state index in [0.29, 0.717) is 31.1 Å². The summed E-state index contributed by atoms with van der Waals surface area (Å²) in [5, 5.41) is 0. The second kappa shape index (κ2) is 9.90. The predicted octanol–water partition coefficient (Wildman–Crippen LogP) is 4.64. The van der Waals surface area contributed by atoms with E-state index in [-0.39, 0.29) is 5.91 Å². The Kier molecular flexibility index (Phi) is 6.78. The predicted molar refractivity (Wildman–Crippen MR) is 126 cm³/mol. The zero-order chi connectivity index (χ0) is 22.5. The zero-order valence-corrected chi connectivity index (χ0v) is 19.1. The van der Waals surface area contributed by atoms with Gasteiger partial charge in [-0.15, -0.1) is 0 Å². The van der Waals surface area contributed by atoms with Gasteiger partial charge in [-0.05, 0) is 62.2 Å². The van der Waals surface area contributed by atoms with E-state index >= 15 is 0 Å². The number of hydrogen-bond acceptors (Lipinski definition) is 5. The van der Waals surface area contributed by atoms with Crippen molar-refractivity contribution in [3.63, 3.8) is 0 Å². The molecule has 6 nitrogen and oxygen atoms in total. The van der Waals surface area contributed by atoms with Gasteiger partial charge >= 0.3 is 0 Å². The van der Waals surface area contributed by atoms with Crippen LogP contribution >= 0.6 is 0 Å². The number of carbonyl (C=O) groups excluding carboxylic acids is 1. The third kappa shape index (κ3) is 4.96. The molecule has 32 heavy (non-hydrogen) atoms. The second-order valence-corrected chi connectivity index (χ2v) is 8.16. The zero-order valence-electron chi connectivity index (χ0n) is 19.1. The lowest BCUT2D eigenvalue weighted by molar-refractivity contribution is -0.131. The highest BCUT2D eigenvalue weighted by Crippen LogP contribution is 2.25. The van der Waals surface area contributed by atoms with Crippen molar-refractivity contribution in [3.05, 3.63) is 65.7 Å². The summed E-state index contributed by atoms with van der Waals surface area (Å²) in [6.45, 7) is 10.1. The largest absolute Gasteiger partial charge is 0.494 e. The molecule has 1 aliphatic heterocycles. The molecule has 3 aromatic rings. The number of piperazine rings is 1. The maximum atomic E-state index is 12.7. The number of nitrogens with zero attached hydrogens (tertiary/aromatic N) is 3. The Labute approximate surface area is 189 Å². The summed E-state index contributed by atoms with van der Waals surface area (Å²) in [5.74, 6) is 2.29. The molecule has 0 saturated carbocycles. The molecule has 2 heterocycles. The lowest BCUT2D eigenvalue weighted by Crippen LogP contribution is -2.49. The van der Waals surface area contributed by atoms with E-state index in [2.05, 4.69) is 41.9 Å². The summed E-state index contributed by atoms with van der Waals surface area (Å²) in [5.41, 5.74) is 4.84. The maximum Gasteiger partial charge on any atom is 0.223 e. The number of amides is 1. The van der Waals surface area contributed by atoms with Gasteiger partial charge in [0, 0.05) is 50.3 Å². The van der Waals surface area contributed by atoms with E-state index in [1.807, 2.05) is 36.1 Å². The normalized spacial score (nSPS) is 14.0. The molecule has 0 radical (unpaired) electrons. The fourth-order valence-electron chi connectivity index (χ4n) is 4.09. The first-order valence-corrected chi connectivity index (χ1v) is 11.3. The number of rotatable bonds is 7. The molecule has 1 saturated heterocycles. The number of ether oxygens (including phenoxy) is 1. The first-order chi connectivity index (χ1) is 15.5. The molecule has 0 N–H and O–H groups in total. The highest BCUT2D eigenvalue weighted by Gasteiger charge is 2.22. The Morgan fingerprint density at radius 1 is 1.06 bits per heavy atom. The van der Waals surface area contributed by atoms with Crippen LogP contribution in [0, 0.1) is 13.8 Å². The van der Waals surface area contributed by atoms with Gasteiger partial charge in [0.25, 0.3) is 0 Å². The average Bonchev–Trinajstić information content (AvgIpc) is 3.29. The summed E-state index contributed by atoms with van der Waals surface area (Å²) in [4.78, 5) is 21.4. The van der Waals surface area contributed by atoms with E-state index in [4.69, 9.17) is 9.15 Å². The van der Waals surface area contributed by atoms with Gasteiger partial charge in [0.2, 0.25) is 5.91 Å². The molecule has 1 aliphatic rings. The van der Waals surface area contributed by atoms with Crippen molar-refractivity contribution in [3.8, 4) is 17.1 Å². The monoisotopic (exact) mass is 433 g/mol.